The van der Waals surface area contributed by atoms with Crippen LogP contribution in [0.15, 0.2) is 21.1 Å². The number of benzene rings is 1. The maximum absolute atomic E-state index is 13.4. The standard InChI is InChI=1S/C11H7BrF2N2O4/c12-9-5(1-2-6(13)10(9)14)11-15-7(20-16-11)3-19-4-8(17)18/h1-2H,3-4H2,(H,17,18). The number of hydrogen-bond acceptors (Lipinski definition) is 5. The summed E-state index contributed by atoms with van der Waals surface area (Å²) in [5, 5.41) is 12.0. The van der Waals surface area contributed by atoms with E-state index in [0.29, 0.717) is 0 Å². The normalized spacial score (nSPS) is 10.8. The second kappa shape index (κ2) is 6.06. The van der Waals surface area contributed by atoms with Gasteiger partial charge in [-0.25, -0.2) is 13.6 Å². The number of carbonyl (C=O) groups is 1. The molecule has 0 saturated carbocycles. The fourth-order valence-electron chi connectivity index (χ4n) is 1.35. The number of rotatable bonds is 5. The molecule has 20 heavy (non-hydrogen) atoms. The first-order chi connectivity index (χ1) is 9.49. The second-order valence-electron chi connectivity index (χ2n) is 3.62. The molecule has 0 aliphatic heterocycles. The van der Waals surface area contributed by atoms with Crippen molar-refractivity contribution in [3.8, 4) is 11.4 Å². The average Bonchev–Trinajstić information content (AvgIpc) is 2.84. The SMILES string of the molecule is O=C(O)COCc1nc(-c2ccc(F)c(F)c2Br)no1. The first-order valence-electron chi connectivity index (χ1n) is 5.25. The molecule has 2 rings (SSSR count). The van der Waals surface area contributed by atoms with E-state index < -0.39 is 24.2 Å². The van der Waals surface area contributed by atoms with E-state index in [2.05, 4.69) is 26.1 Å². The molecule has 0 spiro atoms. The lowest BCUT2D eigenvalue weighted by molar-refractivity contribution is -0.142. The molecule has 1 N–H and O–H groups in total. The third-order valence-electron chi connectivity index (χ3n) is 2.20. The minimum Gasteiger partial charge on any atom is -0.480 e. The first kappa shape index (κ1) is 14.5. The van der Waals surface area contributed by atoms with Gasteiger partial charge < -0.3 is 14.4 Å². The minimum absolute atomic E-state index is 0.0258. The smallest absolute Gasteiger partial charge is 0.329 e. The van der Waals surface area contributed by atoms with Gasteiger partial charge in [0.2, 0.25) is 5.82 Å². The van der Waals surface area contributed by atoms with Crippen molar-refractivity contribution in [2.75, 3.05) is 6.61 Å². The van der Waals surface area contributed by atoms with Gasteiger partial charge in [0.15, 0.2) is 11.6 Å². The Morgan fingerprint density at radius 1 is 1.45 bits per heavy atom. The van der Waals surface area contributed by atoms with Crippen LogP contribution in [0.1, 0.15) is 5.89 Å². The number of ether oxygens (including phenoxy) is 1. The van der Waals surface area contributed by atoms with E-state index in [9.17, 15) is 13.6 Å². The number of hydrogen-bond donors (Lipinski definition) is 1. The summed E-state index contributed by atoms with van der Waals surface area (Å²) in [4.78, 5) is 14.1. The molecule has 0 amide bonds. The Labute approximate surface area is 119 Å². The van der Waals surface area contributed by atoms with Crippen LogP contribution in [0.4, 0.5) is 8.78 Å². The summed E-state index contributed by atoms with van der Waals surface area (Å²) >= 11 is 2.90. The van der Waals surface area contributed by atoms with Gasteiger partial charge in [-0.15, -0.1) is 0 Å². The first-order valence-corrected chi connectivity index (χ1v) is 6.04. The molecular weight excluding hydrogens is 342 g/mol. The second-order valence-corrected chi connectivity index (χ2v) is 4.41. The molecule has 9 heteroatoms. The van der Waals surface area contributed by atoms with Crippen LogP contribution in [0.2, 0.25) is 0 Å². The predicted octanol–water partition coefficient (Wildman–Crippen LogP) is 2.38. The van der Waals surface area contributed by atoms with Crippen LogP contribution < -0.4 is 0 Å². The number of aromatic nitrogens is 2. The molecule has 0 aliphatic carbocycles. The quantitative estimate of drug-likeness (QED) is 0.835. The summed E-state index contributed by atoms with van der Waals surface area (Å²) < 4.78 is 35.8. The van der Waals surface area contributed by atoms with Gasteiger partial charge in [-0.1, -0.05) is 5.16 Å². The molecule has 6 nitrogen and oxygen atoms in total. The largest absolute Gasteiger partial charge is 0.480 e. The molecule has 0 aliphatic rings. The molecule has 0 radical (unpaired) electrons. The van der Waals surface area contributed by atoms with Gasteiger partial charge in [-0.3, -0.25) is 0 Å². The fraction of sp³-hybridized carbons (Fsp3) is 0.182. The van der Waals surface area contributed by atoms with Crippen LogP contribution in [-0.2, 0) is 16.1 Å². The molecule has 0 atom stereocenters. The highest BCUT2D eigenvalue weighted by Gasteiger charge is 2.17. The van der Waals surface area contributed by atoms with Gasteiger partial charge in [0, 0.05) is 5.56 Å². The van der Waals surface area contributed by atoms with Crippen LogP contribution in [0.5, 0.6) is 0 Å². The molecular formula is C11H7BrF2N2O4. The van der Waals surface area contributed by atoms with Crippen molar-refractivity contribution in [3.63, 3.8) is 0 Å². The van der Waals surface area contributed by atoms with Crippen LogP contribution in [0.25, 0.3) is 11.4 Å². The van der Waals surface area contributed by atoms with Gasteiger partial charge in [0.25, 0.3) is 5.89 Å². The number of nitrogens with zero attached hydrogens (tertiary/aromatic N) is 2. The zero-order valence-electron chi connectivity index (χ0n) is 9.77. The van der Waals surface area contributed by atoms with Crippen molar-refractivity contribution >= 4 is 21.9 Å². The maximum atomic E-state index is 13.4. The Bertz CT molecular complexity index is 647. The molecule has 0 bridgehead atoms. The molecule has 0 saturated heterocycles. The Morgan fingerprint density at radius 3 is 2.90 bits per heavy atom. The van der Waals surface area contributed by atoms with Crippen LogP contribution in [-0.4, -0.2) is 27.8 Å². The van der Waals surface area contributed by atoms with E-state index in [4.69, 9.17) is 14.4 Å². The molecule has 1 aromatic carbocycles. The van der Waals surface area contributed by atoms with E-state index in [0.717, 1.165) is 6.07 Å². The predicted molar refractivity (Wildman–Crippen MR) is 64.6 cm³/mol. The monoisotopic (exact) mass is 348 g/mol. The molecule has 2 aromatic rings. The third kappa shape index (κ3) is 3.17. The van der Waals surface area contributed by atoms with Crippen molar-refractivity contribution in [3.05, 3.63) is 34.1 Å². The third-order valence-corrected chi connectivity index (χ3v) is 2.97. The Kier molecular flexibility index (Phi) is 4.40. The molecule has 0 fully saturated rings. The van der Waals surface area contributed by atoms with Crippen LogP contribution >= 0.6 is 15.9 Å². The summed E-state index contributed by atoms with van der Waals surface area (Å²) in [6.07, 6.45) is 0. The van der Waals surface area contributed by atoms with E-state index >= 15 is 0 Å². The van der Waals surface area contributed by atoms with Gasteiger partial charge in [0.1, 0.15) is 13.2 Å². The Morgan fingerprint density at radius 2 is 2.20 bits per heavy atom. The van der Waals surface area contributed by atoms with Crippen LogP contribution in [0, 0.1) is 11.6 Å². The van der Waals surface area contributed by atoms with Gasteiger partial charge in [0.05, 0.1) is 4.47 Å². The topological polar surface area (TPSA) is 85.5 Å². The lowest BCUT2D eigenvalue weighted by Crippen LogP contribution is -2.06. The molecule has 1 heterocycles. The highest BCUT2D eigenvalue weighted by Crippen LogP contribution is 2.29. The molecule has 106 valence electrons. The van der Waals surface area contributed by atoms with Crippen molar-refractivity contribution < 1.29 is 27.9 Å². The van der Waals surface area contributed by atoms with E-state index in [1.54, 1.807) is 0 Å². The maximum Gasteiger partial charge on any atom is 0.329 e. The van der Waals surface area contributed by atoms with Crippen molar-refractivity contribution in [2.24, 2.45) is 0 Å². The van der Waals surface area contributed by atoms with Gasteiger partial charge in [-0.2, -0.15) is 4.98 Å². The Balaban J connectivity index is 2.17. The minimum atomic E-state index is -1.13. The highest BCUT2D eigenvalue weighted by atomic mass is 79.9. The number of carboxylic acid groups (broad SMARTS) is 1. The fourth-order valence-corrected chi connectivity index (χ4v) is 1.85. The van der Waals surface area contributed by atoms with Crippen molar-refractivity contribution in [1.29, 1.82) is 0 Å². The summed E-state index contributed by atoms with van der Waals surface area (Å²) in [5.41, 5.74) is 0.206. The van der Waals surface area contributed by atoms with Crippen molar-refractivity contribution in [2.45, 2.75) is 6.61 Å². The Hall–Kier alpha value is -1.87. The zero-order valence-corrected chi connectivity index (χ0v) is 11.4. The van der Waals surface area contributed by atoms with E-state index in [-0.39, 0.29) is 28.4 Å². The lowest BCUT2D eigenvalue weighted by atomic mass is 10.2. The molecule has 0 unspecified atom stereocenters. The summed E-state index contributed by atoms with van der Waals surface area (Å²) in [7, 11) is 0. The number of carboxylic acids is 1. The summed E-state index contributed by atoms with van der Waals surface area (Å²) in [6.45, 7) is -0.701. The van der Waals surface area contributed by atoms with Gasteiger partial charge in [-0.05, 0) is 28.1 Å². The highest BCUT2D eigenvalue weighted by molar-refractivity contribution is 9.10. The van der Waals surface area contributed by atoms with Crippen molar-refractivity contribution in [1.82, 2.24) is 10.1 Å². The summed E-state index contributed by atoms with van der Waals surface area (Å²) in [5.74, 6) is -3.14. The zero-order chi connectivity index (χ0) is 14.7. The molecule has 1 aromatic heterocycles. The van der Waals surface area contributed by atoms with E-state index in [1.165, 1.54) is 6.07 Å². The summed E-state index contributed by atoms with van der Waals surface area (Å²) in [6, 6.07) is 2.22. The van der Waals surface area contributed by atoms with Crippen LogP contribution in [0.3, 0.4) is 0 Å². The van der Waals surface area contributed by atoms with Gasteiger partial charge >= 0.3 is 5.97 Å². The number of halogens is 3. The van der Waals surface area contributed by atoms with E-state index in [1.807, 2.05) is 0 Å². The lowest BCUT2D eigenvalue weighted by Gasteiger charge is -2.01. The number of aliphatic carboxylic acids is 1. The average molecular weight is 349 g/mol.